The van der Waals surface area contributed by atoms with Crippen molar-refractivity contribution in [1.82, 2.24) is 9.88 Å². The summed E-state index contributed by atoms with van der Waals surface area (Å²) >= 11 is 0. The lowest BCUT2D eigenvalue weighted by Crippen LogP contribution is -2.33. The fourth-order valence-electron chi connectivity index (χ4n) is 3.20. The number of aromatic amines is 1. The van der Waals surface area contributed by atoms with Crippen LogP contribution in [0.4, 0.5) is 0 Å². The fourth-order valence-corrected chi connectivity index (χ4v) is 3.20. The van der Waals surface area contributed by atoms with Crippen LogP contribution in [0, 0.1) is 6.92 Å². The van der Waals surface area contributed by atoms with Gasteiger partial charge in [-0.15, -0.1) is 0 Å². The summed E-state index contributed by atoms with van der Waals surface area (Å²) in [5.74, 6) is 0.393. The number of aryl methyl sites for hydroxylation is 1. The highest BCUT2D eigenvalue weighted by atomic mass is 16.5. The Bertz CT molecular complexity index is 1020. The number of rotatable bonds is 6. The molecule has 0 spiro atoms. The predicted octanol–water partition coefficient (Wildman–Crippen LogP) is 3.90. The summed E-state index contributed by atoms with van der Waals surface area (Å²) < 4.78 is 5.32. The maximum absolute atomic E-state index is 13.1. The Morgan fingerprint density at radius 1 is 1.15 bits per heavy atom. The van der Waals surface area contributed by atoms with Gasteiger partial charge < -0.3 is 14.6 Å². The Morgan fingerprint density at radius 3 is 2.67 bits per heavy atom. The first-order valence-corrected chi connectivity index (χ1v) is 9.08. The first-order valence-electron chi connectivity index (χ1n) is 9.08. The molecule has 2 aromatic carbocycles. The second-order valence-electron chi connectivity index (χ2n) is 6.64. The highest BCUT2D eigenvalue weighted by Gasteiger charge is 2.20. The molecule has 0 bridgehead atoms. The number of fused-ring (bicyclic) bond motifs is 1. The summed E-state index contributed by atoms with van der Waals surface area (Å²) in [6.45, 7) is 4.81. The average molecular weight is 364 g/mol. The number of amides is 1. The number of nitrogens with one attached hydrogen (secondary N) is 1. The molecule has 0 aliphatic heterocycles. The maximum Gasteiger partial charge on any atom is 0.257 e. The third-order valence-electron chi connectivity index (χ3n) is 4.56. The van der Waals surface area contributed by atoms with E-state index in [4.69, 9.17) is 4.74 Å². The van der Waals surface area contributed by atoms with Crippen LogP contribution >= 0.6 is 0 Å². The van der Waals surface area contributed by atoms with Gasteiger partial charge in [0.05, 0.1) is 19.2 Å². The van der Waals surface area contributed by atoms with E-state index in [-0.39, 0.29) is 18.0 Å². The van der Waals surface area contributed by atoms with Gasteiger partial charge in [0.25, 0.3) is 11.5 Å². The molecule has 0 radical (unpaired) electrons. The van der Waals surface area contributed by atoms with Gasteiger partial charge >= 0.3 is 0 Å². The highest BCUT2D eigenvalue weighted by molar-refractivity contribution is 5.97. The van der Waals surface area contributed by atoms with E-state index in [2.05, 4.69) is 4.98 Å². The smallest absolute Gasteiger partial charge is 0.257 e. The van der Waals surface area contributed by atoms with Crippen molar-refractivity contribution in [1.29, 1.82) is 0 Å². The minimum absolute atomic E-state index is 0.141. The van der Waals surface area contributed by atoms with Crippen LogP contribution in [0.25, 0.3) is 10.9 Å². The van der Waals surface area contributed by atoms with E-state index < -0.39 is 0 Å². The van der Waals surface area contributed by atoms with Crippen LogP contribution in [0.3, 0.4) is 0 Å². The van der Waals surface area contributed by atoms with Crippen molar-refractivity contribution in [3.8, 4) is 5.75 Å². The lowest BCUT2D eigenvalue weighted by Gasteiger charge is -2.23. The van der Waals surface area contributed by atoms with Crippen molar-refractivity contribution in [2.24, 2.45) is 0 Å². The van der Waals surface area contributed by atoms with Crippen molar-refractivity contribution < 1.29 is 9.53 Å². The van der Waals surface area contributed by atoms with Gasteiger partial charge in [0.2, 0.25) is 0 Å². The lowest BCUT2D eigenvalue weighted by atomic mass is 10.1. The third kappa shape index (κ3) is 4.03. The first kappa shape index (κ1) is 18.7. The summed E-state index contributed by atoms with van der Waals surface area (Å²) in [5, 5.41) is 0.955. The Balaban J connectivity index is 1.96. The van der Waals surface area contributed by atoms with Gasteiger partial charge in [-0.3, -0.25) is 9.59 Å². The topological polar surface area (TPSA) is 62.4 Å². The molecule has 3 aromatic rings. The molecule has 3 rings (SSSR count). The zero-order valence-electron chi connectivity index (χ0n) is 15.9. The molecular formula is C22H24N2O3. The van der Waals surface area contributed by atoms with Crippen LogP contribution in [-0.2, 0) is 6.54 Å². The maximum atomic E-state index is 13.1. The van der Waals surface area contributed by atoms with Crippen LogP contribution in [0.5, 0.6) is 5.75 Å². The predicted molar refractivity (Wildman–Crippen MR) is 107 cm³/mol. The van der Waals surface area contributed by atoms with E-state index in [1.165, 1.54) is 0 Å². The summed E-state index contributed by atoms with van der Waals surface area (Å²) in [7, 11) is 1.55. The molecule has 27 heavy (non-hydrogen) atoms. The number of hydrogen-bond donors (Lipinski definition) is 1. The molecule has 5 heteroatoms. The number of H-pyrrole nitrogens is 1. The molecule has 0 aliphatic rings. The van der Waals surface area contributed by atoms with Gasteiger partial charge in [0.15, 0.2) is 0 Å². The molecule has 0 unspecified atom stereocenters. The van der Waals surface area contributed by atoms with Crippen LogP contribution in [0.2, 0.25) is 0 Å². The Labute approximate surface area is 158 Å². The van der Waals surface area contributed by atoms with Crippen LogP contribution in [0.15, 0.2) is 53.3 Å². The van der Waals surface area contributed by atoms with Gasteiger partial charge in [0, 0.05) is 17.6 Å². The second kappa shape index (κ2) is 8.08. The molecule has 1 heterocycles. The van der Waals surface area contributed by atoms with E-state index in [0.29, 0.717) is 23.4 Å². The minimum atomic E-state index is -0.165. The molecular weight excluding hydrogens is 340 g/mol. The molecule has 1 N–H and O–H groups in total. The van der Waals surface area contributed by atoms with Crippen molar-refractivity contribution in [3.05, 3.63) is 75.6 Å². The standard InChI is InChI=1S/C22H24N2O3/c1-4-11-24(22(26)18-7-5-6-8-20(18)27-3)14-17-13-16-10-9-15(2)12-19(16)23-21(17)25/h5-10,12-13H,4,11,14H2,1-3H3,(H,23,25). The quantitative estimate of drug-likeness (QED) is 0.722. The fraction of sp³-hybridized carbons (Fsp3) is 0.273. The van der Waals surface area contributed by atoms with E-state index in [0.717, 1.165) is 22.9 Å². The number of carbonyl (C=O) groups excluding carboxylic acids is 1. The number of nitrogens with zero attached hydrogens (tertiary/aromatic N) is 1. The van der Waals surface area contributed by atoms with Crippen LogP contribution in [-0.4, -0.2) is 29.4 Å². The Hall–Kier alpha value is -3.08. The average Bonchev–Trinajstić information content (AvgIpc) is 2.67. The van der Waals surface area contributed by atoms with E-state index in [1.54, 1.807) is 24.1 Å². The van der Waals surface area contributed by atoms with Crippen molar-refractivity contribution >= 4 is 16.8 Å². The van der Waals surface area contributed by atoms with E-state index >= 15 is 0 Å². The number of hydrogen-bond acceptors (Lipinski definition) is 3. The van der Waals surface area contributed by atoms with Crippen molar-refractivity contribution in [3.63, 3.8) is 0 Å². The monoisotopic (exact) mass is 364 g/mol. The SMILES string of the molecule is CCCN(Cc1cc2ccc(C)cc2[nH]c1=O)C(=O)c1ccccc1OC. The molecule has 0 fully saturated rings. The second-order valence-corrected chi connectivity index (χ2v) is 6.64. The molecule has 1 aromatic heterocycles. The van der Waals surface area contributed by atoms with Gasteiger partial charge in [-0.25, -0.2) is 0 Å². The summed E-state index contributed by atoms with van der Waals surface area (Å²) in [5.41, 5.74) is 2.80. The molecule has 0 aliphatic carbocycles. The molecule has 140 valence electrons. The van der Waals surface area contributed by atoms with Gasteiger partial charge in [0.1, 0.15) is 5.75 Å². The number of methoxy groups -OCH3 is 1. The molecule has 1 amide bonds. The summed E-state index contributed by atoms with van der Waals surface area (Å²) in [6.07, 6.45) is 0.797. The van der Waals surface area contributed by atoms with Gasteiger partial charge in [-0.1, -0.05) is 31.2 Å². The number of ether oxygens (including phenoxy) is 1. The largest absolute Gasteiger partial charge is 0.496 e. The number of para-hydroxylation sites is 1. The third-order valence-corrected chi connectivity index (χ3v) is 4.56. The van der Waals surface area contributed by atoms with Crippen LogP contribution < -0.4 is 10.3 Å². The first-order chi connectivity index (χ1) is 13.0. The normalized spacial score (nSPS) is 10.8. The molecule has 0 saturated heterocycles. The number of pyridine rings is 1. The van der Waals surface area contributed by atoms with E-state index in [1.807, 2.05) is 50.2 Å². The van der Waals surface area contributed by atoms with E-state index in [9.17, 15) is 9.59 Å². The molecule has 0 saturated carbocycles. The number of carbonyl (C=O) groups is 1. The summed E-state index contributed by atoms with van der Waals surface area (Å²) in [6, 6.07) is 15.0. The van der Waals surface area contributed by atoms with Crippen molar-refractivity contribution in [2.45, 2.75) is 26.8 Å². The van der Waals surface area contributed by atoms with Crippen molar-refractivity contribution in [2.75, 3.05) is 13.7 Å². The Kier molecular flexibility index (Phi) is 5.60. The minimum Gasteiger partial charge on any atom is -0.496 e. The van der Waals surface area contributed by atoms with Gasteiger partial charge in [-0.2, -0.15) is 0 Å². The summed E-state index contributed by atoms with van der Waals surface area (Å²) in [4.78, 5) is 30.2. The zero-order chi connectivity index (χ0) is 19.4. The zero-order valence-corrected chi connectivity index (χ0v) is 15.9. The lowest BCUT2D eigenvalue weighted by molar-refractivity contribution is 0.0739. The number of benzene rings is 2. The van der Waals surface area contributed by atoms with Gasteiger partial charge in [-0.05, 0) is 48.6 Å². The Morgan fingerprint density at radius 2 is 1.93 bits per heavy atom. The highest BCUT2D eigenvalue weighted by Crippen LogP contribution is 2.21. The molecule has 5 nitrogen and oxygen atoms in total. The molecule has 0 atom stereocenters. The van der Waals surface area contributed by atoms with Crippen LogP contribution in [0.1, 0.15) is 34.8 Å². The number of aromatic nitrogens is 1.